The number of amides is 3. The predicted octanol–water partition coefficient (Wildman–Crippen LogP) is 5.52. The van der Waals surface area contributed by atoms with Crippen molar-refractivity contribution in [2.45, 2.75) is 13.8 Å². The van der Waals surface area contributed by atoms with E-state index in [4.69, 9.17) is 0 Å². The average molecular weight is 443 g/mol. The second-order valence-corrected chi connectivity index (χ2v) is 7.41. The number of halogens is 1. The first-order valence-corrected chi connectivity index (χ1v) is 10.3. The predicted molar refractivity (Wildman–Crippen MR) is 126 cm³/mol. The number of para-hydroxylation sites is 1. The second kappa shape index (κ2) is 9.35. The highest BCUT2D eigenvalue weighted by molar-refractivity contribution is 6.06. The van der Waals surface area contributed by atoms with Crippen molar-refractivity contribution in [3.63, 3.8) is 0 Å². The number of rotatable bonds is 5. The van der Waals surface area contributed by atoms with E-state index in [-0.39, 0.29) is 11.7 Å². The summed E-state index contributed by atoms with van der Waals surface area (Å²) in [4.78, 5) is 25.2. The molecule has 8 heteroatoms. The molecule has 1 heterocycles. The Balaban J connectivity index is 1.48. The van der Waals surface area contributed by atoms with Crippen LogP contribution in [0.25, 0.3) is 5.69 Å². The van der Waals surface area contributed by atoms with Crippen LogP contribution >= 0.6 is 0 Å². The van der Waals surface area contributed by atoms with E-state index in [9.17, 15) is 14.0 Å². The number of carbonyl (C=O) groups excluding carboxylic acids is 2. The lowest BCUT2D eigenvalue weighted by Gasteiger charge is -2.10. The minimum atomic E-state index is -0.392. The highest BCUT2D eigenvalue weighted by Crippen LogP contribution is 2.21. The lowest BCUT2D eigenvalue weighted by Crippen LogP contribution is -2.19. The Labute approximate surface area is 190 Å². The van der Waals surface area contributed by atoms with Crippen molar-refractivity contribution in [2.75, 3.05) is 16.0 Å². The Morgan fingerprint density at radius 1 is 0.788 bits per heavy atom. The third-order valence-corrected chi connectivity index (χ3v) is 5.00. The Bertz CT molecular complexity index is 1300. The van der Waals surface area contributed by atoms with Crippen molar-refractivity contribution in [1.29, 1.82) is 0 Å². The summed E-state index contributed by atoms with van der Waals surface area (Å²) >= 11 is 0. The van der Waals surface area contributed by atoms with Crippen LogP contribution in [0.15, 0.2) is 78.9 Å². The zero-order chi connectivity index (χ0) is 23.4. The highest BCUT2D eigenvalue weighted by Gasteiger charge is 2.20. The third-order valence-electron chi connectivity index (χ3n) is 5.00. The van der Waals surface area contributed by atoms with Crippen molar-refractivity contribution in [3.8, 4) is 5.69 Å². The summed E-state index contributed by atoms with van der Waals surface area (Å²) in [5.41, 5.74) is 3.98. The zero-order valence-corrected chi connectivity index (χ0v) is 18.1. The largest absolute Gasteiger partial charge is 0.323 e. The molecule has 0 aliphatic carbocycles. The summed E-state index contributed by atoms with van der Waals surface area (Å²) in [6, 6.07) is 21.4. The molecule has 4 aromatic rings. The quantitative estimate of drug-likeness (QED) is 0.379. The van der Waals surface area contributed by atoms with Gasteiger partial charge in [0.05, 0.1) is 22.6 Å². The molecular formula is C25H22FN5O2. The van der Waals surface area contributed by atoms with Crippen molar-refractivity contribution in [2.24, 2.45) is 0 Å². The van der Waals surface area contributed by atoms with E-state index in [1.807, 2.05) is 18.2 Å². The molecule has 0 aliphatic rings. The summed E-state index contributed by atoms with van der Waals surface area (Å²) in [6.07, 6.45) is 0. The standard InChI is InChI=1S/C25H22FN5O2/c1-16-23(17(2)31(30-16)22-13-11-18(26)12-14-22)24(32)27-20-9-6-10-21(15-20)29-25(33)28-19-7-4-3-5-8-19/h3-15H,1-2H3,(H,27,32)(H2,28,29,33). The molecule has 3 amide bonds. The molecule has 0 unspecified atom stereocenters. The van der Waals surface area contributed by atoms with E-state index in [0.29, 0.717) is 39.7 Å². The maximum absolute atomic E-state index is 13.3. The van der Waals surface area contributed by atoms with Gasteiger partial charge in [-0.05, 0) is 68.4 Å². The number of aryl methyl sites for hydroxylation is 1. The molecule has 7 nitrogen and oxygen atoms in total. The molecule has 4 rings (SSSR count). The monoisotopic (exact) mass is 443 g/mol. The topological polar surface area (TPSA) is 88.1 Å². The van der Waals surface area contributed by atoms with Gasteiger partial charge in [-0.1, -0.05) is 24.3 Å². The number of nitrogens with one attached hydrogen (secondary N) is 3. The summed E-state index contributed by atoms with van der Waals surface area (Å²) in [5, 5.41) is 12.8. The van der Waals surface area contributed by atoms with Crippen LogP contribution in [0.3, 0.4) is 0 Å². The summed E-state index contributed by atoms with van der Waals surface area (Å²) in [7, 11) is 0. The molecule has 1 aromatic heterocycles. The smallest absolute Gasteiger partial charge is 0.322 e. The molecule has 0 spiro atoms. The van der Waals surface area contributed by atoms with Crippen LogP contribution < -0.4 is 16.0 Å². The number of carbonyl (C=O) groups is 2. The van der Waals surface area contributed by atoms with Crippen LogP contribution in [-0.4, -0.2) is 21.7 Å². The van der Waals surface area contributed by atoms with Gasteiger partial charge in [0.15, 0.2) is 0 Å². The number of anilines is 3. The van der Waals surface area contributed by atoms with E-state index in [2.05, 4.69) is 21.0 Å². The highest BCUT2D eigenvalue weighted by atomic mass is 19.1. The molecule has 0 atom stereocenters. The van der Waals surface area contributed by atoms with E-state index in [0.717, 1.165) is 0 Å². The van der Waals surface area contributed by atoms with Crippen molar-refractivity contribution >= 4 is 29.0 Å². The molecule has 0 saturated heterocycles. The van der Waals surface area contributed by atoms with Crippen LogP contribution in [0.1, 0.15) is 21.7 Å². The van der Waals surface area contributed by atoms with Gasteiger partial charge in [0.2, 0.25) is 0 Å². The number of benzene rings is 3. The molecule has 3 aromatic carbocycles. The summed E-state index contributed by atoms with van der Waals surface area (Å²) in [5.74, 6) is -0.673. The van der Waals surface area contributed by atoms with Gasteiger partial charge in [0.1, 0.15) is 5.82 Å². The average Bonchev–Trinajstić information content (AvgIpc) is 3.09. The molecule has 0 fully saturated rings. The van der Waals surface area contributed by atoms with Gasteiger partial charge in [-0.2, -0.15) is 5.10 Å². The van der Waals surface area contributed by atoms with Gasteiger partial charge in [-0.25, -0.2) is 13.9 Å². The number of hydrogen-bond donors (Lipinski definition) is 3. The minimum Gasteiger partial charge on any atom is -0.322 e. The lowest BCUT2D eigenvalue weighted by molar-refractivity contribution is 0.102. The fourth-order valence-corrected chi connectivity index (χ4v) is 3.49. The van der Waals surface area contributed by atoms with Gasteiger partial charge in [0.25, 0.3) is 5.91 Å². The minimum absolute atomic E-state index is 0.329. The SMILES string of the molecule is Cc1nn(-c2ccc(F)cc2)c(C)c1C(=O)Nc1cccc(NC(=O)Nc2ccccc2)c1. The van der Waals surface area contributed by atoms with Gasteiger partial charge in [0, 0.05) is 17.1 Å². The number of hydrogen-bond acceptors (Lipinski definition) is 3. The van der Waals surface area contributed by atoms with Crippen molar-refractivity contribution in [3.05, 3.63) is 102 Å². The molecule has 0 saturated carbocycles. The first-order chi connectivity index (χ1) is 15.9. The van der Waals surface area contributed by atoms with Gasteiger partial charge in [-0.3, -0.25) is 4.79 Å². The van der Waals surface area contributed by atoms with E-state index < -0.39 is 6.03 Å². The third kappa shape index (κ3) is 5.07. The number of aromatic nitrogens is 2. The van der Waals surface area contributed by atoms with E-state index in [1.165, 1.54) is 12.1 Å². The molecule has 0 bridgehead atoms. The molecule has 33 heavy (non-hydrogen) atoms. The van der Waals surface area contributed by atoms with Crippen LogP contribution in [0.5, 0.6) is 0 Å². The summed E-state index contributed by atoms with van der Waals surface area (Å²) in [6.45, 7) is 3.53. The molecule has 0 aliphatic heterocycles. The van der Waals surface area contributed by atoms with E-state index >= 15 is 0 Å². The van der Waals surface area contributed by atoms with Crippen LogP contribution in [0.4, 0.5) is 26.2 Å². The maximum atomic E-state index is 13.3. The van der Waals surface area contributed by atoms with Crippen molar-refractivity contribution in [1.82, 2.24) is 9.78 Å². The van der Waals surface area contributed by atoms with Gasteiger partial charge < -0.3 is 16.0 Å². The van der Waals surface area contributed by atoms with Crippen molar-refractivity contribution < 1.29 is 14.0 Å². The molecule has 166 valence electrons. The molecular weight excluding hydrogens is 421 g/mol. The lowest BCUT2D eigenvalue weighted by atomic mass is 10.1. The van der Waals surface area contributed by atoms with Crippen LogP contribution in [0, 0.1) is 19.7 Å². The van der Waals surface area contributed by atoms with E-state index in [1.54, 1.807) is 67.1 Å². The Morgan fingerprint density at radius 2 is 1.39 bits per heavy atom. The normalized spacial score (nSPS) is 10.5. The zero-order valence-electron chi connectivity index (χ0n) is 18.1. The number of urea groups is 1. The Hall–Kier alpha value is -4.46. The van der Waals surface area contributed by atoms with Crippen LogP contribution in [0.2, 0.25) is 0 Å². The summed E-state index contributed by atoms with van der Waals surface area (Å²) < 4.78 is 14.9. The first-order valence-electron chi connectivity index (χ1n) is 10.3. The maximum Gasteiger partial charge on any atom is 0.323 e. The van der Waals surface area contributed by atoms with Gasteiger partial charge >= 0.3 is 6.03 Å². The van der Waals surface area contributed by atoms with Gasteiger partial charge in [-0.15, -0.1) is 0 Å². The fraction of sp³-hybridized carbons (Fsp3) is 0.0800. The fourth-order valence-electron chi connectivity index (χ4n) is 3.49. The second-order valence-electron chi connectivity index (χ2n) is 7.41. The van der Waals surface area contributed by atoms with Crippen LogP contribution in [-0.2, 0) is 0 Å². The Kier molecular flexibility index (Phi) is 6.17. The number of nitrogens with zero attached hydrogens (tertiary/aromatic N) is 2. The first kappa shape index (κ1) is 21.8. The molecule has 0 radical (unpaired) electrons. The Morgan fingerprint density at radius 3 is 2.09 bits per heavy atom. The molecule has 3 N–H and O–H groups in total.